The number of amides is 2. The Morgan fingerprint density at radius 1 is 1.33 bits per heavy atom. The minimum atomic E-state index is -0.0843. The number of aromatic nitrogens is 2. The zero-order valence-electron chi connectivity index (χ0n) is 14.9. The van der Waals surface area contributed by atoms with Crippen molar-refractivity contribution in [3.05, 3.63) is 75.7 Å². The van der Waals surface area contributed by atoms with Gasteiger partial charge in [-0.15, -0.1) is 17.9 Å². The molecule has 2 amide bonds. The van der Waals surface area contributed by atoms with Crippen LogP contribution in [0.2, 0.25) is 0 Å². The third-order valence-electron chi connectivity index (χ3n) is 4.73. The van der Waals surface area contributed by atoms with Gasteiger partial charge in [0.05, 0.1) is 18.3 Å². The molecule has 3 heterocycles. The highest BCUT2D eigenvalue weighted by Gasteiger charge is 2.26. The summed E-state index contributed by atoms with van der Waals surface area (Å²) in [5.41, 5.74) is 2.08. The highest BCUT2D eigenvalue weighted by molar-refractivity contribution is 7.18. The van der Waals surface area contributed by atoms with Gasteiger partial charge in [0.1, 0.15) is 4.83 Å². The van der Waals surface area contributed by atoms with E-state index in [1.165, 1.54) is 11.3 Å². The first-order valence-corrected chi connectivity index (χ1v) is 9.66. The maximum atomic E-state index is 12.7. The van der Waals surface area contributed by atoms with Gasteiger partial charge < -0.3 is 10.2 Å². The van der Waals surface area contributed by atoms with E-state index in [9.17, 15) is 9.59 Å². The highest BCUT2D eigenvalue weighted by Crippen LogP contribution is 2.32. The molecular weight excluding hydrogens is 360 g/mol. The van der Waals surface area contributed by atoms with Crippen LogP contribution in [0.1, 0.15) is 16.0 Å². The van der Waals surface area contributed by atoms with E-state index < -0.39 is 0 Å². The third-order valence-corrected chi connectivity index (χ3v) is 5.85. The Bertz CT molecular complexity index is 1060. The fourth-order valence-corrected chi connectivity index (χ4v) is 4.54. The number of fused-ring (bicyclic) bond motifs is 3. The van der Waals surface area contributed by atoms with Gasteiger partial charge in [-0.3, -0.25) is 9.36 Å². The van der Waals surface area contributed by atoms with E-state index >= 15 is 0 Å². The lowest BCUT2D eigenvalue weighted by Gasteiger charge is -2.27. The molecule has 3 aromatic rings. The van der Waals surface area contributed by atoms with Gasteiger partial charge in [-0.05, 0) is 17.5 Å². The molecule has 0 unspecified atom stereocenters. The van der Waals surface area contributed by atoms with E-state index in [-0.39, 0.29) is 11.6 Å². The molecule has 0 fully saturated rings. The molecule has 0 atom stereocenters. The van der Waals surface area contributed by atoms with Gasteiger partial charge in [0.2, 0.25) is 0 Å². The van der Waals surface area contributed by atoms with Crippen LogP contribution in [0.25, 0.3) is 10.2 Å². The first-order chi connectivity index (χ1) is 13.2. The molecule has 0 bridgehead atoms. The molecular formula is C20H20N4O2S. The minimum absolute atomic E-state index is 0.0284. The summed E-state index contributed by atoms with van der Waals surface area (Å²) in [5, 5.41) is 3.67. The topological polar surface area (TPSA) is 67.2 Å². The second-order valence-electron chi connectivity index (χ2n) is 6.49. The zero-order chi connectivity index (χ0) is 18.8. The van der Waals surface area contributed by atoms with Crippen LogP contribution in [0.15, 0.2) is 54.1 Å². The number of benzene rings is 1. The average molecular weight is 380 g/mol. The molecule has 27 heavy (non-hydrogen) atoms. The number of hydrogen-bond donors (Lipinski definition) is 1. The number of thiophene rings is 1. The lowest BCUT2D eigenvalue weighted by atomic mass is 10.1. The average Bonchev–Trinajstić information content (AvgIpc) is 3.07. The summed E-state index contributed by atoms with van der Waals surface area (Å²) in [6, 6.07) is 9.76. The summed E-state index contributed by atoms with van der Waals surface area (Å²) in [6.45, 7) is 5.74. The molecule has 1 aromatic carbocycles. The van der Waals surface area contributed by atoms with E-state index in [4.69, 9.17) is 0 Å². The molecule has 7 heteroatoms. The van der Waals surface area contributed by atoms with E-state index in [1.807, 2.05) is 30.3 Å². The second kappa shape index (κ2) is 7.36. The molecule has 2 aromatic heterocycles. The highest BCUT2D eigenvalue weighted by atomic mass is 32.1. The lowest BCUT2D eigenvalue weighted by Crippen LogP contribution is -2.42. The van der Waals surface area contributed by atoms with Crippen molar-refractivity contribution in [3.63, 3.8) is 0 Å². The third kappa shape index (κ3) is 3.38. The predicted octanol–water partition coefficient (Wildman–Crippen LogP) is 2.91. The summed E-state index contributed by atoms with van der Waals surface area (Å²) in [4.78, 5) is 33.3. The van der Waals surface area contributed by atoms with Crippen molar-refractivity contribution < 1.29 is 4.79 Å². The maximum absolute atomic E-state index is 12.7. The molecule has 0 spiro atoms. The Kier molecular flexibility index (Phi) is 4.77. The second-order valence-corrected chi connectivity index (χ2v) is 7.57. The fraction of sp³-hybridized carbons (Fsp3) is 0.250. The largest absolute Gasteiger partial charge is 0.334 e. The summed E-state index contributed by atoms with van der Waals surface area (Å²) in [6.07, 6.45) is 3.92. The maximum Gasteiger partial charge on any atom is 0.318 e. The van der Waals surface area contributed by atoms with Crippen LogP contribution >= 0.6 is 11.3 Å². The summed E-state index contributed by atoms with van der Waals surface area (Å²) >= 11 is 1.50. The van der Waals surface area contributed by atoms with Gasteiger partial charge in [0.15, 0.2) is 0 Å². The van der Waals surface area contributed by atoms with Crippen LogP contribution in [0.5, 0.6) is 0 Å². The van der Waals surface area contributed by atoms with Gasteiger partial charge in [-0.2, -0.15) is 0 Å². The Hall–Kier alpha value is -2.93. The Morgan fingerprint density at radius 3 is 2.93 bits per heavy atom. The van der Waals surface area contributed by atoms with Gasteiger partial charge >= 0.3 is 6.03 Å². The van der Waals surface area contributed by atoms with Crippen molar-refractivity contribution in [2.45, 2.75) is 26.1 Å². The van der Waals surface area contributed by atoms with Crippen molar-refractivity contribution in [1.29, 1.82) is 0 Å². The number of carbonyl (C=O) groups is 1. The first-order valence-electron chi connectivity index (χ1n) is 8.84. The summed E-state index contributed by atoms with van der Waals surface area (Å²) in [5.74, 6) is 0. The summed E-state index contributed by atoms with van der Waals surface area (Å²) in [7, 11) is 0. The smallest absolute Gasteiger partial charge is 0.318 e. The number of nitrogens with zero attached hydrogens (tertiary/aromatic N) is 3. The van der Waals surface area contributed by atoms with E-state index in [1.54, 1.807) is 21.9 Å². The first kappa shape index (κ1) is 17.5. The summed E-state index contributed by atoms with van der Waals surface area (Å²) < 4.78 is 1.57. The molecule has 0 saturated heterocycles. The SMILES string of the molecule is C=CCn1cnc2sc3c(c2c1=O)CCN(C(=O)NCc1ccccc1)C3. The monoisotopic (exact) mass is 380 g/mol. The minimum Gasteiger partial charge on any atom is -0.334 e. The number of allylic oxidation sites excluding steroid dienone is 1. The van der Waals surface area contributed by atoms with Crippen LogP contribution in [-0.4, -0.2) is 27.0 Å². The van der Waals surface area contributed by atoms with Crippen molar-refractivity contribution in [2.24, 2.45) is 0 Å². The molecule has 6 nitrogen and oxygen atoms in total. The van der Waals surface area contributed by atoms with Crippen LogP contribution in [0, 0.1) is 0 Å². The van der Waals surface area contributed by atoms with Crippen LogP contribution < -0.4 is 10.9 Å². The normalized spacial score (nSPS) is 13.4. The van der Waals surface area contributed by atoms with Crippen molar-refractivity contribution in [3.8, 4) is 0 Å². The number of hydrogen-bond acceptors (Lipinski definition) is 4. The quantitative estimate of drug-likeness (QED) is 0.708. The van der Waals surface area contributed by atoms with Gasteiger partial charge in [0, 0.05) is 24.5 Å². The molecule has 1 aliphatic heterocycles. The molecule has 0 saturated carbocycles. The molecule has 138 valence electrons. The number of urea groups is 1. The van der Waals surface area contributed by atoms with Crippen molar-refractivity contribution >= 4 is 27.6 Å². The molecule has 1 N–H and O–H groups in total. The molecule has 4 rings (SSSR count). The van der Waals surface area contributed by atoms with Gasteiger partial charge in [-0.1, -0.05) is 36.4 Å². The van der Waals surface area contributed by atoms with Crippen molar-refractivity contribution in [1.82, 2.24) is 19.8 Å². The molecule has 0 radical (unpaired) electrons. The van der Waals surface area contributed by atoms with Crippen LogP contribution in [-0.2, 0) is 26.1 Å². The zero-order valence-corrected chi connectivity index (χ0v) is 15.7. The van der Waals surface area contributed by atoms with Gasteiger partial charge in [-0.25, -0.2) is 9.78 Å². The fourth-order valence-electron chi connectivity index (χ4n) is 3.35. The van der Waals surface area contributed by atoms with Crippen LogP contribution in [0.3, 0.4) is 0 Å². The Balaban J connectivity index is 1.53. The molecule has 1 aliphatic rings. The lowest BCUT2D eigenvalue weighted by molar-refractivity contribution is 0.193. The van der Waals surface area contributed by atoms with Crippen LogP contribution in [0.4, 0.5) is 4.79 Å². The number of carbonyl (C=O) groups excluding carboxylic acids is 1. The van der Waals surface area contributed by atoms with Crippen molar-refractivity contribution in [2.75, 3.05) is 6.54 Å². The number of rotatable bonds is 4. The van der Waals surface area contributed by atoms with E-state index in [0.29, 0.717) is 38.0 Å². The Morgan fingerprint density at radius 2 is 2.15 bits per heavy atom. The number of nitrogens with one attached hydrogen (secondary N) is 1. The Labute approximate surface area is 160 Å². The van der Waals surface area contributed by atoms with E-state index in [2.05, 4.69) is 16.9 Å². The predicted molar refractivity (Wildman–Crippen MR) is 107 cm³/mol. The van der Waals surface area contributed by atoms with Gasteiger partial charge in [0.25, 0.3) is 5.56 Å². The molecule has 0 aliphatic carbocycles. The van der Waals surface area contributed by atoms with E-state index in [0.717, 1.165) is 20.8 Å². The standard InChI is InChI=1S/C20H20N4O2S/c1-2-9-24-13-22-18-17(19(24)25)15-8-10-23(12-16(15)27-18)20(26)21-11-14-6-4-3-5-7-14/h2-7,13H,1,8-12H2,(H,21,26).